The smallest absolute Gasteiger partial charge is 0.419 e. The molecule has 0 saturated carbocycles. The highest BCUT2D eigenvalue weighted by molar-refractivity contribution is 5.53. The van der Waals surface area contributed by atoms with Crippen LogP contribution in [-0.4, -0.2) is 4.92 Å². The summed E-state index contributed by atoms with van der Waals surface area (Å²) in [5, 5.41) is 19.6. The molecular weight excluding hydrogens is 320 g/mol. The number of nitriles is 1. The van der Waals surface area contributed by atoms with E-state index in [0.29, 0.717) is 12.1 Å². The van der Waals surface area contributed by atoms with Crippen molar-refractivity contribution in [2.75, 3.05) is 0 Å². The molecular formula is C14H6F4N2O3. The average Bonchev–Trinajstić information content (AvgIpc) is 2.48. The molecule has 9 heteroatoms. The van der Waals surface area contributed by atoms with Crippen LogP contribution in [0.4, 0.5) is 23.2 Å². The highest BCUT2D eigenvalue weighted by Crippen LogP contribution is 2.37. The third kappa shape index (κ3) is 3.55. The van der Waals surface area contributed by atoms with Crippen molar-refractivity contribution in [3.8, 4) is 17.6 Å². The van der Waals surface area contributed by atoms with Crippen LogP contribution in [0.2, 0.25) is 0 Å². The van der Waals surface area contributed by atoms with Gasteiger partial charge in [0.2, 0.25) is 5.75 Å². The monoisotopic (exact) mass is 326 g/mol. The predicted octanol–water partition coefficient (Wildman–Crippen LogP) is 4.42. The minimum Gasteiger partial charge on any atom is -0.450 e. The van der Waals surface area contributed by atoms with Crippen LogP contribution >= 0.6 is 0 Å². The van der Waals surface area contributed by atoms with E-state index in [0.717, 1.165) is 18.2 Å². The van der Waals surface area contributed by atoms with Gasteiger partial charge in [-0.1, -0.05) is 0 Å². The van der Waals surface area contributed by atoms with Crippen molar-refractivity contribution in [2.24, 2.45) is 0 Å². The molecule has 0 fully saturated rings. The summed E-state index contributed by atoms with van der Waals surface area (Å²) in [6.45, 7) is 0. The van der Waals surface area contributed by atoms with E-state index in [-0.39, 0.29) is 11.3 Å². The van der Waals surface area contributed by atoms with Crippen molar-refractivity contribution in [2.45, 2.75) is 6.18 Å². The van der Waals surface area contributed by atoms with Gasteiger partial charge in [0.15, 0.2) is 0 Å². The molecule has 0 saturated heterocycles. The number of rotatable bonds is 3. The van der Waals surface area contributed by atoms with Gasteiger partial charge in [-0.15, -0.1) is 0 Å². The lowest BCUT2D eigenvalue weighted by Gasteiger charge is -2.11. The summed E-state index contributed by atoms with van der Waals surface area (Å²) >= 11 is 0. The van der Waals surface area contributed by atoms with Gasteiger partial charge >= 0.3 is 11.9 Å². The first-order valence-electron chi connectivity index (χ1n) is 5.95. The molecule has 118 valence electrons. The first-order chi connectivity index (χ1) is 10.7. The Kier molecular flexibility index (Phi) is 4.18. The molecule has 2 aromatic carbocycles. The van der Waals surface area contributed by atoms with Gasteiger partial charge in [-0.3, -0.25) is 10.1 Å². The summed E-state index contributed by atoms with van der Waals surface area (Å²) in [6.07, 6.45) is -4.93. The SMILES string of the molecule is N#Cc1ccc(Oc2ccc(F)c(C(F)(F)F)c2)c([N+](=O)[O-])c1. The molecule has 0 bridgehead atoms. The zero-order valence-electron chi connectivity index (χ0n) is 11.1. The second-order valence-corrected chi connectivity index (χ2v) is 4.29. The number of nitro benzene ring substituents is 1. The van der Waals surface area contributed by atoms with Gasteiger partial charge in [0.25, 0.3) is 0 Å². The Bertz CT molecular complexity index is 813. The van der Waals surface area contributed by atoms with E-state index < -0.39 is 33.9 Å². The Morgan fingerprint density at radius 3 is 2.43 bits per heavy atom. The summed E-state index contributed by atoms with van der Waals surface area (Å²) in [4.78, 5) is 10.1. The van der Waals surface area contributed by atoms with Gasteiger partial charge in [-0.2, -0.15) is 18.4 Å². The van der Waals surface area contributed by atoms with E-state index in [9.17, 15) is 27.7 Å². The molecule has 23 heavy (non-hydrogen) atoms. The fourth-order valence-corrected chi connectivity index (χ4v) is 1.73. The van der Waals surface area contributed by atoms with Crippen molar-refractivity contribution in [1.82, 2.24) is 0 Å². The molecule has 0 amide bonds. The zero-order chi connectivity index (χ0) is 17.2. The predicted molar refractivity (Wildman–Crippen MR) is 69.3 cm³/mol. The van der Waals surface area contributed by atoms with Gasteiger partial charge in [0.1, 0.15) is 11.6 Å². The Morgan fingerprint density at radius 2 is 1.87 bits per heavy atom. The van der Waals surface area contributed by atoms with Crippen molar-refractivity contribution in [1.29, 1.82) is 5.26 Å². The van der Waals surface area contributed by atoms with Crippen molar-refractivity contribution in [3.63, 3.8) is 0 Å². The lowest BCUT2D eigenvalue weighted by Crippen LogP contribution is -2.08. The maximum Gasteiger partial charge on any atom is 0.419 e. The number of nitro groups is 1. The van der Waals surface area contributed by atoms with Crippen LogP contribution < -0.4 is 4.74 Å². The van der Waals surface area contributed by atoms with Crippen LogP contribution in [-0.2, 0) is 6.18 Å². The van der Waals surface area contributed by atoms with Gasteiger partial charge in [-0.25, -0.2) is 4.39 Å². The lowest BCUT2D eigenvalue weighted by atomic mass is 10.2. The van der Waals surface area contributed by atoms with Gasteiger partial charge in [0.05, 0.1) is 22.1 Å². The average molecular weight is 326 g/mol. The lowest BCUT2D eigenvalue weighted by molar-refractivity contribution is -0.385. The molecule has 0 aromatic heterocycles. The fourth-order valence-electron chi connectivity index (χ4n) is 1.73. The number of nitrogens with zero attached hydrogens (tertiary/aromatic N) is 2. The molecule has 0 aliphatic carbocycles. The molecule has 0 radical (unpaired) electrons. The van der Waals surface area contributed by atoms with Crippen LogP contribution in [0.3, 0.4) is 0 Å². The van der Waals surface area contributed by atoms with Crippen LogP contribution in [0.25, 0.3) is 0 Å². The number of halogens is 4. The standard InChI is InChI=1S/C14H6F4N2O3/c15-11-3-2-9(6-10(11)14(16,17)18)23-13-4-1-8(7-19)5-12(13)20(21)22/h1-6H. The molecule has 0 atom stereocenters. The quantitative estimate of drug-likeness (QED) is 0.475. The van der Waals surface area contributed by atoms with E-state index in [1.54, 1.807) is 6.07 Å². The second kappa shape index (κ2) is 5.92. The van der Waals surface area contributed by atoms with E-state index in [1.807, 2.05) is 0 Å². The first kappa shape index (κ1) is 16.2. The minimum absolute atomic E-state index is 0.0147. The third-order valence-electron chi connectivity index (χ3n) is 2.76. The van der Waals surface area contributed by atoms with E-state index in [2.05, 4.69) is 0 Å². The summed E-state index contributed by atoms with van der Waals surface area (Å²) in [6, 6.07) is 6.75. The van der Waals surface area contributed by atoms with Crippen molar-refractivity contribution in [3.05, 3.63) is 63.5 Å². The van der Waals surface area contributed by atoms with Crippen LogP contribution in [0.1, 0.15) is 11.1 Å². The largest absolute Gasteiger partial charge is 0.450 e. The minimum atomic E-state index is -4.93. The van der Waals surface area contributed by atoms with Gasteiger partial charge < -0.3 is 4.74 Å². The van der Waals surface area contributed by atoms with Crippen molar-refractivity contribution < 1.29 is 27.2 Å². The Hall–Kier alpha value is -3.15. The number of hydrogen-bond donors (Lipinski definition) is 0. The second-order valence-electron chi connectivity index (χ2n) is 4.29. The highest BCUT2D eigenvalue weighted by atomic mass is 19.4. The Morgan fingerprint density at radius 1 is 1.17 bits per heavy atom. The van der Waals surface area contributed by atoms with Gasteiger partial charge in [-0.05, 0) is 30.3 Å². The van der Waals surface area contributed by atoms with Crippen LogP contribution in [0, 0.1) is 27.3 Å². The molecule has 0 unspecified atom stereocenters. The molecule has 2 aromatic rings. The van der Waals surface area contributed by atoms with E-state index in [4.69, 9.17) is 10.00 Å². The molecule has 0 aliphatic rings. The number of alkyl halides is 3. The molecule has 0 heterocycles. The normalized spacial score (nSPS) is 10.9. The van der Waals surface area contributed by atoms with Gasteiger partial charge in [0, 0.05) is 6.07 Å². The first-order valence-corrected chi connectivity index (χ1v) is 5.95. The maximum atomic E-state index is 13.2. The Balaban J connectivity index is 2.44. The highest BCUT2D eigenvalue weighted by Gasteiger charge is 2.34. The van der Waals surface area contributed by atoms with Crippen LogP contribution in [0.15, 0.2) is 36.4 Å². The zero-order valence-corrected chi connectivity index (χ0v) is 11.1. The summed E-state index contributed by atoms with van der Waals surface area (Å²) in [5.41, 5.74) is -2.16. The number of ether oxygens (including phenoxy) is 1. The molecule has 0 aliphatic heterocycles. The Labute approximate surface area is 126 Å². The number of benzene rings is 2. The van der Waals surface area contributed by atoms with E-state index in [1.165, 1.54) is 6.07 Å². The topological polar surface area (TPSA) is 76.2 Å². The summed E-state index contributed by atoms with van der Waals surface area (Å²) < 4.78 is 56.1. The van der Waals surface area contributed by atoms with Crippen LogP contribution in [0.5, 0.6) is 11.5 Å². The molecule has 0 N–H and O–H groups in total. The molecule has 5 nitrogen and oxygen atoms in total. The fraction of sp³-hybridized carbons (Fsp3) is 0.0714. The van der Waals surface area contributed by atoms with Crippen molar-refractivity contribution >= 4 is 5.69 Å². The summed E-state index contributed by atoms with van der Waals surface area (Å²) in [5.74, 6) is -2.28. The van der Waals surface area contributed by atoms with E-state index >= 15 is 0 Å². The maximum absolute atomic E-state index is 13.2. The molecule has 2 rings (SSSR count). The molecule has 0 spiro atoms. The third-order valence-corrected chi connectivity index (χ3v) is 2.76. The number of hydrogen-bond acceptors (Lipinski definition) is 4. The summed E-state index contributed by atoms with van der Waals surface area (Å²) in [7, 11) is 0.